The van der Waals surface area contributed by atoms with E-state index in [2.05, 4.69) is 15.9 Å². The third kappa shape index (κ3) is 2.81. The third-order valence-corrected chi connectivity index (χ3v) is 4.14. The average Bonchev–Trinajstić information content (AvgIpc) is 2.67. The van der Waals surface area contributed by atoms with Gasteiger partial charge in [-0.3, -0.25) is 4.79 Å². The Kier molecular flexibility index (Phi) is 3.73. The first kappa shape index (κ1) is 12.4. The second kappa shape index (κ2) is 5.10. The first-order valence-electron chi connectivity index (χ1n) is 5.01. The van der Waals surface area contributed by atoms with Crippen molar-refractivity contribution in [2.75, 3.05) is 12.3 Å². The molecule has 0 aliphatic carbocycles. The number of aromatic carboxylic acids is 1. The van der Waals surface area contributed by atoms with Gasteiger partial charge in [0, 0.05) is 23.3 Å². The Hall–Kier alpha value is -1.01. The van der Waals surface area contributed by atoms with Gasteiger partial charge in [-0.25, -0.2) is 4.79 Å². The molecular weight excluding hydrogens is 306 g/mol. The second-order valence-corrected chi connectivity index (χ2v) is 5.55. The summed E-state index contributed by atoms with van der Waals surface area (Å²) in [4.78, 5) is 24.0. The van der Waals surface area contributed by atoms with Crippen molar-refractivity contribution in [3.05, 3.63) is 33.8 Å². The van der Waals surface area contributed by atoms with Gasteiger partial charge in [0.05, 0.1) is 5.56 Å². The molecule has 2 rings (SSSR count). The summed E-state index contributed by atoms with van der Waals surface area (Å²) < 4.78 is 0.724. The zero-order chi connectivity index (χ0) is 12.4. The number of thioether (sulfide) groups is 1. The van der Waals surface area contributed by atoms with E-state index in [-0.39, 0.29) is 10.8 Å². The molecule has 1 aliphatic heterocycles. The van der Waals surface area contributed by atoms with Crippen molar-refractivity contribution in [3.63, 3.8) is 0 Å². The van der Waals surface area contributed by atoms with Crippen LogP contribution in [0.5, 0.6) is 0 Å². The lowest BCUT2D eigenvalue weighted by Crippen LogP contribution is -2.22. The molecule has 1 aromatic rings. The van der Waals surface area contributed by atoms with Crippen LogP contribution in [0.2, 0.25) is 0 Å². The van der Waals surface area contributed by atoms with Crippen LogP contribution < -0.4 is 0 Å². The smallest absolute Gasteiger partial charge is 0.335 e. The summed E-state index contributed by atoms with van der Waals surface area (Å²) in [5.41, 5.74) is 1.16. The summed E-state index contributed by atoms with van der Waals surface area (Å²) in [6, 6.07) is 4.85. The van der Waals surface area contributed by atoms with Crippen LogP contribution in [-0.2, 0) is 6.54 Å². The number of rotatable bonds is 3. The SMILES string of the molecule is O=C(O)c1ccc(CN2CCSC2=O)c(Br)c1. The van der Waals surface area contributed by atoms with E-state index in [4.69, 9.17) is 5.11 Å². The number of amides is 1. The third-order valence-electron chi connectivity index (χ3n) is 2.51. The molecule has 1 fully saturated rings. The summed E-state index contributed by atoms with van der Waals surface area (Å²) in [5, 5.41) is 8.92. The van der Waals surface area contributed by atoms with Crippen LogP contribution in [0.25, 0.3) is 0 Å². The normalized spacial score (nSPS) is 15.4. The van der Waals surface area contributed by atoms with Crippen molar-refractivity contribution in [1.82, 2.24) is 4.90 Å². The molecule has 4 nitrogen and oxygen atoms in total. The van der Waals surface area contributed by atoms with E-state index in [0.717, 1.165) is 22.3 Å². The molecule has 1 aromatic carbocycles. The van der Waals surface area contributed by atoms with Crippen molar-refractivity contribution in [1.29, 1.82) is 0 Å². The van der Waals surface area contributed by atoms with Crippen LogP contribution in [0.3, 0.4) is 0 Å². The summed E-state index contributed by atoms with van der Waals surface area (Å²) in [6.45, 7) is 1.27. The van der Waals surface area contributed by atoms with Gasteiger partial charge >= 0.3 is 5.97 Å². The minimum absolute atomic E-state index is 0.0826. The average molecular weight is 316 g/mol. The monoisotopic (exact) mass is 315 g/mol. The molecule has 0 aromatic heterocycles. The summed E-state index contributed by atoms with van der Waals surface area (Å²) in [5.74, 6) is -0.131. The molecule has 0 saturated carbocycles. The Morgan fingerprint density at radius 3 is 2.82 bits per heavy atom. The van der Waals surface area contributed by atoms with E-state index in [0.29, 0.717) is 6.54 Å². The van der Waals surface area contributed by atoms with Crippen LogP contribution in [0.15, 0.2) is 22.7 Å². The summed E-state index contributed by atoms with van der Waals surface area (Å²) in [7, 11) is 0. The second-order valence-electron chi connectivity index (χ2n) is 3.65. The lowest BCUT2D eigenvalue weighted by Gasteiger charge is -2.15. The minimum atomic E-state index is -0.954. The van der Waals surface area contributed by atoms with Crippen LogP contribution >= 0.6 is 27.7 Å². The quantitative estimate of drug-likeness (QED) is 0.931. The fraction of sp³-hybridized carbons (Fsp3) is 0.273. The molecule has 1 amide bonds. The molecule has 17 heavy (non-hydrogen) atoms. The molecule has 6 heteroatoms. The highest BCUT2D eigenvalue weighted by molar-refractivity contribution is 9.10. The summed E-state index contributed by atoms with van der Waals surface area (Å²) >= 11 is 4.65. The molecule has 0 unspecified atom stereocenters. The van der Waals surface area contributed by atoms with Gasteiger partial charge in [-0.2, -0.15) is 0 Å². The van der Waals surface area contributed by atoms with Crippen LogP contribution in [-0.4, -0.2) is 33.5 Å². The molecule has 1 N–H and O–H groups in total. The van der Waals surface area contributed by atoms with Crippen LogP contribution in [0.4, 0.5) is 4.79 Å². The largest absolute Gasteiger partial charge is 0.478 e. The number of carboxylic acid groups (broad SMARTS) is 1. The van der Waals surface area contributed by atoms with E-state index in [1.807, 2.05) is 0 Å². The topological polar surface area (TPSA) is 57.6 Å². The van der Waals surface area contributed by atoms with E-state index in [1.165, 1.54) is 11.8 Å². The molecule has 0 spiro atoms. The Bertz CT molecular complexity index is 478. The highest BCUT2D eigenvalue weighted by Gasteiger charge is 2.21. The van der Waals surface area contributed by atoms with E-state index >= 15 is 0 Å². The number of nitrogens with zero attached hydrogens (tertiary/aromatic N) is 1. The predicted molar refractivity (Wildman–Crippen MR) is 69.4 cm³/mol. The molecular formula is C11H10BrNO3S. The maximum atomic E-state index is 11.4. The highest BCUT2D eigenvalue weighted by Crippen LogP contribution is 2.24. The number of halogens is 1. The van der Waals surface area contributed by atoms with Crippen LogP contribution in [0.1, 0.15) is 15.9 Å². The van der Waals surface area contributed by atoms with Gasteiger partial charge in [-0.15, -0.1) is 0 Å². The fourth-order valence-electron chi connectivity index (χ4n) is 1.58. The molecule has 0 radical (unpaired) electrons. The molecule has 1 heterocycles. The zero-order valence-corrected chi connectivity index (χ0v) is 11.3. The first-order valence-corrected chi connectivity index (χ1v) is 6.79. The van der Waals surface area contributed by atoms with Crippen molar-refractivity contribution >= 4 is 38.9 Å². The van der Waals surface area contributed by atoms with Gasteiger partial charge in [-0.1, -0.05) is 33.8 Å². The van der Waals surface area contributed by atoms with Crippen LogP contribution in [0, 0.1) is 0 Å². The van der Waals surface area contributed by atoms with Crippen molar-refractivity contribution in [2.24, 2.45) is 0 Å². The standard InChI is InChI=1S/C11H10BrNO3S/c12-9-5-7(10(14)15)1-2-8(9)6-13-3-4-17-11(13)16/h1-2,5H,3-4,6H2,(H,14,15). The first-order chi connectivity index (χ1) is 8.08. The minimum Gasteiger partial charge on any atom is -0.478 e. The maximum Gasteiger partial charge on any atom is 0.335 e. The fourth-order valence-corrected chi connectivity index (χ4v) is 2.91. The van der Waals surface area contributed by atoms with Gasteiger partial charge in [0.15, 0.2) is 0 Å². The molecule has 1 aliphatic rings. The highest BCUT2D eigenvalue weighted by atomic mass is 79.9. The van der Waals surface area contributed by atoms with E-state index < -0.39 is 5.97 Å². The molecule has 1 saturated heterocycles. The number of carbonyl (C=O) groups is 2. The lowest BCUT2D eigenvalue weighted by molar-refractivity contribution is 0.0696. The van der Waals surface area contributed by atoms with Crippen molar-refractivity contribution in [3.8, 4) is 0 Å². The molecule has 90 valence electrons. The van der Waals surface area contributed by atoms with E-state index in [9.17, 15) is 9.59 Å². The molecule has 0 atom stereocenters. The van der Waals surface area contributed by atoms with Gasteiger partial charge in [0.2, 0.25) is 0 Å². The maximum absolute atomic E-state index is 11.4. The van der Waals surface area contributed by atoms with Crippen molar-refractivity contribution < 1.29 is 14.7 Å². The Balaban J connectivity index is 2.16. The Morgan fingerprint density at radius 1 is 1.53 bits per heavy atom. The van der Waals surface area contributed by atoms with Gasteiger partial charge < -0.3 is 10.0 Å². The molecule has 0 bridgehead atoms. The summed E-state index contributed by atoms with van der Waals surface area (Å²) in [6.07, 6.45) is 0. The number of carbonyl (C=O) groups excluding carboxylic acids is 1. The zero-order valence-electron chi connectivity index (χ0n) is 8.85. The number of benzene rings is 1. The Morgan fingerprint density at radius 2 is 2.29 bits per heavy atom. The van der Waals surface area contributed by atoms with Crippen molar-refractivity contribution in [2.45, 2.75) is 6.54 Å². The van der Waals surface area contributed by atoms with Gasteiger partial charge in [0.25, 0.3) is 5.24 Å². The number of carboxylic acids is 1. The number of hydrogen-bond acceptors (Lipinski definition) is 3. The van der Waals surface area contributed by atoms with Gasteiger partial charge in [-0.05, 0) is 17.7 Å². The van der Waals surface area contributed by atoms with E-state index in [1.54, 1.807) is 23.1 Å². The van der Waals surface area contributed by atoms with Gasteiger partial charge in [0.1, 0.15) is 0 Å². The predicted octanol–water partition coefficient (Wildman–Crippen LogP) is 2.82. The lowest BCUT2D eigenvalue weighted by atomic mass is 10.1. The Labute approximate surface area is 111 Å². The number of hydrogen-bond donors (Lipinski definition) is 1.